The van der Waals surface area contributed by atoms with E-state index in [1.165, 1.54) is 11.1 Å². The maximum Gasteiger partial charge on any atom is 0.114 e. The van der Waals surface area contributed by atoms with Gasteiger partial charge in [-0.25, -0.2) is 4.39 Å². The minimum absolute atomic E-state index is 0.268. The van der Waals surface area contributed by atoms with E-state index >= 15 is 0 Å². The molecule has 4 rings (SSSR count). The van der Waals surface area contributed by atoms with Crippen LogP contribution in [0.25, 0.3) is 0 Å². The van der Waals surface area contributed by atoms with Gasteiger partial charge in [0.15, 0.2) is 0 Å². The monoisotopic (exact) mass is 328 g/mol. The van der Waals surface area contributed by atoms with E-state index in [4.69, 9.17) is 0 Å². The van der Waals surface area contributed by atoms with E-state index in [-0.39, 0.29) is 6.04 Å². The lowest BCUT2D eigenvalue weighted by Gasteiger charge is -2.25. The van der Waals surface area contributed by atoms with Gasteiger partial charge in [-0.2, -0.15) is 5.10 Å². The smallest absolute Gasteiger partial charge is 0.114 e. The molecule has 0 bridgehead atoms. The molecular weight excluding hydrogens is 303 g/mol. The lowest BCUT2D eigenvalue weighted by Crippen LogP contribution is -2.41. The molecule has 0 spiro atoms. The lowest BCUT2D eigenvalue weighted by molar-refractivity contribution is 0.226. The van der Waals surface area contributed by atoms with Crippen LogP contribution in [-0.2, 0) is 26.4 Å². The third-order valence-electron chi connectivity index (χ3n) is 5.31. The van der Waals surface area contributed by atoms with Gasteiger partial charge in [-0.3, -0.25) is 9.58 Å². The van der Waals surface area contributed by atoms with Crippen molar-refractivity contribution in [1.29, 1.82) is 0 Å². The number of nitrogens with zero attached hydrogens (tertiary/aromatic N) is 3. The second kappa shape index (κ2) is 6.65. The minimum atomic E-state index is -0.714. The summed E-state index contributed by atoms with van der Waals surface area (Å²) < 4.78 is 15.8. The first-order valence-electron chi connectivity index (χ1n) is 8.83. The summed E-state index contributed by atoms with van der Waals surface area (Å²) in [6.07, 6.45) is 5.99. The van der Waals surface area contributed by atoms with E-state index in [9.17, 15) is 4.39 Å². The Labute approximate surface area is 142 Å². The molecule has 0 amide bonds. The molecular formula is C19H25FN4. The Bertz CT molecular complexity index is 673. The van der Waals surface area contributed by atoms with E-state index < -0.39 is 6.17 Å². The van der Waals surface area contributed by atoms with Crippen molar-refractivity contribution >= 4 is 0 Å². The van der Waals surface area contributed by atoms with Crippen molar-refractivity contribution in [3.8, 4) is 0 Å². The summed E-state index contributed by atoms with van der Waals surface area (Å²) in [7, 11) is 1.92. The largest absolute Gasteiger partial charge is 0.312 e. The summed E-state index contributed by atoms with van der Waals surface area (Å²) in [6, 6.07) is 9.42. The Morgan fingerprint density at radius 1 is 1.25 bits per heavy atom. The van der Waals surface area contributed by atoms with E-state index in [0.29, 0.717) is 19.0 Å². The third-order valence-corrected chi connectivity index (χ3v) is 5.31. The molecule has 1 aliphatic heterocycles. The summed E-state index contributed by atoms with van der Waals surface area (Å²) in [5.41, 5.74) is 4.07. The maximum atomic E-state index is 14.0. The fraction of sp³-hybridized carbons (Fsp3) is 0.526. The van der Waals surface area contributed by atoms with Crippen LogP contribution in [0.3, 0.4) is 0 Å². The number of rotatable bonds is 5. The zero-order chi connectivity index (χ0) is 16.5. The zero-order valence-corrected chi connectivity index (χ0v) is 14.2. The summed E-state index contributed by atoms with van der Waals surface area (Å²) >= 11 is 0. The quantitative estimate of drug-likeness (QED) is 0.912. The number of benzene rings is 1. The van der Waals surface area contributed by atoms with Gasteiger partial charge in [0, 0.05) is 50.5 Å². The first-order valence-corrected chi connectivity index (χ1v) is 8.83. The van der Waals surface area contributed by atoms with Gasteiger partial charge in [0.2, 0.25) is 0 Å². The zero-order valence-electron chi connectivity index (χ0n) is 14.2. The van der Waals surface area contributed by atoms with Crippen LogP contribution in [-0.4, -0.2) is 46.0 Å². The number of hydrogen-bond acceptors (Lipinski definition) is 3. The third kappa shape index (κ3) is 3.37. The average Bonchev–Trinajstić information content (AvgIpc) is 3.24. The Balaban J connectivity index is 1.33. The van der Waals surface area contributed by atoms with E-state index in [0.717, 1.165) is 31.5 Å². The highest BCUT2D eigenvalue weighted by atomic mass is 19.1. The van der Waals surface area contributed by atoms with E-state index in [1.807, 2.05) is 19.4 Å². The maximum absolute atomic E-state index is 14.0. The topological polar surface area (TPSA) is 33.1 Å². The van der Waals surface area contributed by atoms with Crippen molar-refractivity contribution in [1.82, 2.24) is 20.0 Å². The molecule has 0 saturated carbocycles. The molecule has 24 heavy (non-hydrogen) atoms. The van der Waals surface area contributed by atoms with Crippen LogP contribution in [0.15, 0.2) is 36.7 Å². The van der Waals surface area contributed by atoms with Crippen molar-refractivity contribution in [2.24, 2.45) is 7.05 Å². The van der Waals surface area contributed by atoms with Crippen LogP contribution in [0.2, 0.25) is 0 Å². The van der Waals surface area contributed by atoms with Gasteiger partial charge in [-0.15, -0.1) is 0 Å². The molecule has 1 fully saturated rings. The molecule has 2 aliphatic rings. The fourth-order valence-electron chi connectivity index (χ4n) is 4.12. The predicted octanol–water partition coefficient (Wildman–Crippen LogP) is 2.09. The van der Waals surface area contributed by atoms with Crippen LogP contribution < -0.4 is 5.32 Å². The molecule has 0 radical (unpaired) electrons. The molecule has 1 N–H and O–H groups in total. The van der Waals surface area contributed by atoms with Crippen LogP contribution in [0.5, 0.6) is 0 Å². The first kappa shape index (κ1) is 15.8. The fourth-order valence-corrected chi connectivity index (χ4v) is 4.12. The minimum Gasteiger partial charge on any atom is -0.312 e. The van der Waals surface area contributed by atoms with E-state index in [2.05, 4.69) is 39.6 Å². The van der Waals surface area contributed by atoms with Gasteiger partial charge in [-0.05, 0) is 30.4 Å². The summed E-state index contributed by atoms with van der Waals surface area (Å²) in [5.74, 6) is 0. The van der Waals surface area contributed by atoms with Gasteiger partial charge in [0.05, 0.1) is 6.20 Å². The van der Waals surface area contributed by atoms with Gasteiger partial charge >= 0.3 is 0 Å². The number of fused-ring (bicyclic) bond motifs is 1. The van der Waals surface area contributed by atoms with Gasteiger partial charge in [-0.1, -0.05) is 24.3 Å². The van der Waals surface area contributed by atoms with Crippen LogP contribution in [0.4, 0.5) is 4.39 Å². The molecule has 1 aromatic carbocycles. The highest BCUT2D eigenvalue weighted by Gasteiger charge is 2.33. The van der Waals surface area contributed by atoms with Crippen molar-refractivity contribution < 1.29 is 4.39 Å². The van der Waals surface area contributed by atoms with Crippen molar-refractivity contribution in [3.63, 3.8) is 0 Å². The molecule has 1 aromatic heterocycles. The second-order valence-corrected chi connectivity index (χ2v) is 7.22. The number of halogens is 1. The van der Waals surface area contributed by atoms with Gasteiger partial charge < -0.3 is 5.32 Å². The van der Waals surface area contributed by atoms with Gasteiger partial charge in [0.1, 0.15) is 6.17 Å². The number of aromatic nitrogens is 2. The molecule has 0 unspecified atom stereocenters. The molecule has 1 aliphatic carbocycles. The van der Waals surface area contributed by atoms with Crippen LogP contribution in [0, 0.1) is 0 Å². The molecule has 1 saturated heterocycles. The Kier molecular flexibility index (Phi) is 4.37. The summed E-state index contributed by atoms with van der Waals surface area (Å²) in [6.45, 7) is 2.18. The molecule has 2 heterocycles. The molecule has 128 valence electrons. The number of hydrogen-bond donors (Lipinski definition) is 1. The number of aryl methyl sites for hydroxylation is 1. The number of nitrogens with one attached hydrogen (secondary N) is 1. The highest BCUT2D eigenvalue weighted by molar-refractivity contribution is 5.33. The van der Waals surface area contributed by atoms with Crippen LogP contribution in [0.1, 0.15) is 23.1 Å². The van der Waals surface area contributed by atoms with Gasteiger partial charge in [0.25, 0.3) is 0 Å². The Morgan fingerprint density at radius 3 is 2.67 bits per heavy atom. The SMILES string of the molecule is Cn1cc(CN2C[C@@H](F)C[C@H]2CNC2Cc3ccccc3C2)cn1. The molecule has 4 nitrogen and oxygen atoms in total. The predicted molar refractivity (Wildman–Crippen MR) is 92.6 cm³/mol. The van der Waals surface area contributed by atoms with E-state index in [1.54, 1.807) is 4.68 Å². The number of alkyl halides is 1. The van der Waals surface area contributed by atoms with Crippen molar-refractivity contribution in [3.05, 3.63) is 53.3 Å². The molecule has 5 heteroatoms. The molecule has 2 aromatic rings. The summed E-state index contributed by atoms with van der Waals surface area (Å²) in [5, 5.41) is 7.90. The lowest BCUT2D eigenvalue weighted by atomic mass is 10.1. The highest BCUT2D eigenvalue weighted by Crippen LogP contribution is 2.24. The Hall–Kier alpha value is -1.72. The van der Waals surface area contributed by atoms with Crippen molar-refractivity contribution in [2.75, 3.05) is 13.1 Å². The van der Waals surface area contributed by atoms with Crippen LogP contribution >= 0.6 is 0 Å². The summed E-state index contributed by atoms with van der Waals surface area (Å²) in [4.78, 5) is 2.26. The average molecular weight is 328 g/mol. The molecule has 2 atom stereocenters. The standard InChI is InChI=1S/C19H25FN4/c1-23-11-14(9-22-23)12-24-13-17(20)8-19(24)10-21-18-6-15-4-2-3-5-16(15)7-18/h2-5,9,11,17-19,21H,6-8,10,12-13H2,1H3/t17-,19-/m0/s1. The first-order chi connectivity index (χ1) is 11.7. The van der Waals surface area contributed by atoms with Crippen molar-refractivity contribution in [2.45, 2.75) is 44.1 Å². The Morgan fingerprint density at radius 2 is 2.00 bits per heavy atom. The second-order valence-electron chi connectivity index (χ2n) is 7.22. The normalized spacial score (nSPS) is 24.6. The number of likely N-dealkylation sites (tertiary alicyclic amines) is 1.